The van der Waals surface area contributed by atoms with E-state index >= 15 is 0 Å². The second-order valence-electron chi connectivity index (χ2n) is 7.14. The third-order valence-electron chi connectivity index (χ3n) is 4.94. The Kier molecular flexibility index (Phi) is 4.61. The number of methoxy groups -OCH3 is 1. The molecule has 1 unspecified atom stereocenters. The quantitative estimate of drug-likeness (QED) is 0.898. The number of ether oxygens (including phenoxy) is 1. The van der Waals surface area contributed by atoms with Gasteiger partial charge in [0.15, 0.2) is 5.84 Å². The number of rotatable bonds is 4. The van der Waals surface area contributed by atoms with E-state index in [-0.39, 0.29) is 12.8 Å². The average molecular weight is 368 g/mol. The van der Waals surface area contributed by atoms with Gasteiger partial charge in [-0.05, 0) is 48.6 Å². The van der Waals surface area contributed by atoms with Crippen molar-refractivity contribution in [2.45, 2.75) is 26.5 Å². The summed E-state index contributed by atoms with van der Waals surface area (Å²) in [4.78, 5) is 11.7. The van der Waals surface area contributed by atoms with Gasteiger partial charge in [-0.1, -0.05) is 18.1 Å². The number of oxime groups is 1. The summed E-state index contributed by atoms with van der Waals surface area (Å²) in [5.74, 6) is 2.06. The maximum absolute atomic E-state index is 9.49. The van der Waals surface area contributed by atoms with Crippen LogP contribution in [0.25, 0.3) is 11.8 Å². The van der Waals surface area contributed by atoms with Gasteiger partial charge < -0.3 is 24.1 Å². The van der Waals surface area contributed by atoms with E-state index < -0.39 is 0 Å². The SMILES string of the molecule is COc1cc(/C=C2\CC(C)CN3C2=NO[C@H]3CO)ccc1-n1cnc(C)c1. The summed E-state index contributed by atoms with van der Waals surface area (Å²) in [6.45, 7) is 4.92. The lowest BCUT2D eigenvalue weighted by Gasteiger charge is -2.33. The summed E-state index contributed by atoms with van der Waals surface area (Å²) < 4.78 is 7.56. The van der Waals surface area contributed by atoms with Gasteiger partial charge in [0.2, 0.25) is 6.23 Å². The molecule has 2 aliphatic rings. The number of aromatic nitrogens is 2. The monoisotopic (exact) mass is 368 g/mol. The molecule has 3 heterocycles. The number of nitrogens with zero attached hydrogens (tertiary/aromatic N) is 4. The van der Waals surface area contributed by atoms with E-state index in [2.05, 4.69) is 29.2 Å². The number of imidazole rings is 1. The van der Waals surface area contributed by atoms with Crippen molar-refractivity contribution in [3.05, 3.63) is 47.6 Å². The van der Waals surface area contributed by atoms with Crippen molar-refractivity contribution >= 4 is 11.9 Å². The summed E-state index contributed by atoms with van der Waals surface area (Å²) >= 11 is 0. The molecular weight excluding hydrogens is 344 g/mol. The number of aryl methyl sites for hydroxylation is 1. The summed E-state index contributed by atoms with van der Waals surface area (Å²) in [5, 5.41) is 13.7. The predicted molar refractivity (Wildman–Crippen MR) is 103 cm³/mol. The van der Waals surface area contributed by atoms with Crippen LogP contribution in [0.1, 0.15) is 24.6 Å². The van der Waals surface area contributed by atoms with Crippen LogP contribution in [0.4, 0.5) is 0 Å². The van der Waals surface area contributed by atoms with E-state index in [1.807, 2.05) is 34.7 Å². The minimum Gasteiger partial charge on any atom is -0.495 e. The Labute approximate surface area is 158 Å². The van der Waals surface area contributed by atoms with Crippen LogP contribution in [0, 0.1) is 12.8 Å². The fraction of sp³-hybridized carbons (Fsp3) is 0.400. The van der Waals surface area contributed by atoms with Crippen LogP contribution in [0.5, 0.6) is 5.75 Å². The molecule has 0 aliphatic carbocycles. The minimum absolute atomic E-state index is 0.0696. The molecular formula is C20H24N4O3. The number of fused-ring (bicyclic) bond motifs is 1. The summed E-state index contributed by atoms with van der Waals surface area (Å²) in [6.07, 6.45) is 6.41. The zero-order valence-corrected chi connectivity index (χ0v) is 15.8. The van der Waals surface area contributed by atoms with Crippen LogP contribution in [0.15, 0.2) is 41.5 Å². The molecule has 0 saturated carbocycles. The molecule has 2 atom stereocenters. The number of piperidine rings is 1. The van der Waals surface area contributed by atoms with Crippen LogP contribution < -0.4 is 4.74 Å². The Bertz CT molecular complexity index is 902. The van der Waals surface area contributed by atoms with Crippen LogP contribution >= 0.6 is 0 Å². The molecule has 4 rings (SSSR count). The molecule has 0 spiro atoms. The Hall–Kier alpha value is -2.80. The van der Waals surface area contributed by atoms with Crippen molar-refractivity contribution in [1.82, 2.24) is 14.5 Å². The van der Waals surface area contributed by atoms with E-state index in [4.69, 9.17) is 9.57 Å². The Morgan fingerprint density at radius 3 is 2.96 bits per heavy atom. The molecule has 2 aliphatic heterocycles. The topological polar surface area (TPSA) is 72.1 Å². The van der Waals surface area contributed by atoms with Gasteiger partial charge in [-0.2, -0.15) is 0 Å². The fourth-order valence-corrected chi connectivity index (χ4v) is 3.68. The van der Waals surface area contributed by atoms with Gasteiger partial charge in [0.05, 0.1) is 24.8 Å². The van der Waals surface area contributed by atoms with E-state index in [0.717, 1.165) is 47.1 Å². The van der Waals surface area contributed by atoms with Crippen LogP contribution in [-0.2, 0) is 4.84 Å². The summed E-state index contributed by atoms with van der Waals surface area (Å²) in [5.41, 5.74) is 4.04. The molecule has 7 heteroatoms. The van der Waals surface area contributed by atoms with E-state index in [1.54, 1.807) is 13.4 Å². The van der Waals surface area contributed by atoms with Crippen molar-refractivity contribution < 1.29 is 14.7 Å². The van der Waals surface area contributed by atoms with Gasteiger partial charge in [-0.3, -0.25) is 0 Å². The molecule has 142 valence electrons. The zero-order valence-electron chi connectivity index (χ0n) is 15.8. The normalized spacial score (nSPS) is 23.2. The fourth-order valence-electron chi connectivity index (χ4n) is 3.68. The second kappa shape index (κ2) is 7.08. The van der Waals surface area contributed by atoms with E-state index in [0.29, 0.717) is 5.92 Å². The molecule has 1 saturated heterocycles. The van der Waals surface area contributed by atoms with Gasteiger partial charge >= 0.3 is 0 Å². The lowest BCUT2D eigenvalue weighted by molar-refractivity contribution is -0.0317. The molecule has 0 bridgehead atoms. The first-order valence-electron chi connectivity index (χ1n) is 9.10. The highest BCUT2D eigenvalue weighted by Crippen LogP contribution is 2.32. The molecule has 1 N–H and O–H groups in total. The molecule has 1 fully saturated rings. The molecule has 1 aromatic heterocycles. The van der Waals surface area contributed by atoms with Crippen molar-refractivity contribution in [3.8, 4) is 11.4 Å². The Morgan fingerprint density at radius 1 is 1.41 bits per heavy atom. The Morgan fingerprint density at radius 2 is 2.26 bits per heavy atom. The molecule has 2 aromatic rings. The first-order valence-corrected chi connectivity index (χ1v) is 9.10. The number of benzene rings is 1. The van der Waals surface area contributed by atoms with Gasteiger partial charge in [-0.25, -0.2) is 4.98 Å². The van der Waals surface area contributed by atoms with Crippen LogP contribution in [-0.4, -0.2) is 51.9 Å². The van der Waals surface area contributed by atoms with Gasteiger partial charge in [0, 0.05) is 12.7 Å². The van der Waals surface area contributed by atoms with E-state index in [1.165, 1.54) is 0 Å². The third-order valence-corrected chi connectivity index (χ3v) is 4.94. The largest absolute Gasteiger partial charge is 0.495 e. The Balaban J connectivity index is 1.67. The lowest BCUT2D eigenvalue weighted by Crippen LogP contribution is -2.45. The van der Waals surface area contributed by atoms with Gasteiger partial charge in [-0.15, -0.1) is 0 Å². The van der Waals surface area contributed by atoms with Crippen molar-refractivity contribution in [1.29, 1.82) is 0 Å². The second-order valence-corrected chi connectivity index (χ2v) is 7.14. The number of hydrogen-bond acceptors (Lipinski definition) is 6. The maximum atomic E-state index is 9.49. The molecule has 0 radical (unpaired) electrons. The highest BCUT2D eigenvalue weighted by molar-refractivity contribution is 6.03. The summed E-state index contributed by atoms with van der Waals surface area (Å²) in [7, 11) is 1.67. The van der Waals surface area contributed by atoms with Gasteiger partial charge in [0.1, 0.15) is 12.4 Å². The number of hydrogen-bond donors (Lipinski definition) is 1. The van der Waals surface area contributed by atoms with E-state index in [9.17, 15) is 5.11 Å². The molecule has 1 aromatic carbocycles. The third kappa shape index (κ3) is 3.30. The van der Waals surface area contributed by atoms with Crippen molar-refractivity contribution in [2.75, 3.05) is 20.3 Å². The highest BCUT2D eigenvalue weighted by atomic mass is 16.7. The molecule has 7 nitrogen and oxygen atoms in total. The first-order chi connectivity index (χ1) is 13.1. The zero-order chi connectivity index (χ0) is 19.0. The molecule has 0 amide bonds. The smallest absolute Gasteiger partial charge is 0.224 e. The van der Waals surface area contributed by atoms with Crippen LogP contribution in [0.2, 0.25) is 0 Å². The number of aliphatic hydroxyl groups is 1. The number of aliphatic hydroxyl groups excluding tert-OH is 1. The van der Waals surface area contributed by atoms with Crippen LogP contribution in [0.3, 0.4) is 0 Å². The average Bonchev–Trinajstić information content (AvgIpc) is 3.27. The molecule has 27 heavy (non-hydrogen) atoms. The van der Waals surface area contributed by atoms with Crippen molar-refractivity contribution in [2.24, 2.45) is 11.1 Å². The lowest BCUT2D eigenvalue weighted by atomic mass is 9.92. The van der Waals surface area contributed by atoms with Crippen molar-refractivity contribution in [3.63, 3.8) is 0 Å². The maximum Gasteiger partial charge on any atom is 0.224 e. The predicted octanol–water partition coefficient (Wildman–Crippen LogP) is 2.58. The van der Waals surface area contributed by atoms with Gasteiger partial charge in [0.25, 0.3) is 0 Å². The summed E-state index contributed by atoms with van der Waals surface area (Å²) in [6, 6.07) is 6.10. The standard InChI is InChI=1S/C20H24N4O3/c1-13-6-16(20-22-27-19(11-25)24(20)9-13)7-15-4-5-17(18(8-15)26-3)23-10-14(2)21-12-23/h4-5,7-8,10,12-13,19,25H,6,9,11H2,1-3H3/b16-7+/t13?,19-/m0/s1. The highest BCUT2D eigenvalue weighted by Gasteiger charge is 2.36. The minimum atomic E-state index is -0.382. The number of amidine groups is 1. The first kappa shape index (κ1) is 17.6.